The number of hydrogen-bond acceptors (Lipinski definition) is 2. The average molecular weight is 285 g/mol. The maximum absolute atomic E-state index is 12.0. The van der Waals surface area contributed by atoms with Crippen LogP contribution in [-0.2, 0) is 16.6 Å². The number of nitrogens with zero attached hydrogens (tertiary/aromatic N) is 1. The zero-order valence-electron chi connectivity index (χ0n) is 12.9. The van der Waals surface area contributed by atoms with Gasteiger partial charge in [-0.2, -0.15) is 0 Å². The summed E-state index contributed by atoms with van der Waals surface area (Å²) in [5.41, 5.74) is 3.15. The number of fused-ring (bicyclic) bond motifs is 5. The first-order valence-corrected chi connectivity index (χ1v) is 8.10. The summed E-state index contributed by atoms with van der Waals surface area (Å²) in [6.07, 6.45) is 5.24. The summed E-state index contributed by atoms with van der Waals surface area (Å²) in [6.45, 7) is 3.34. The minimum atomic E-state index is 0.202. The largest absolute Gasteiger partial charge is 0.497 e. The monoisotopic (exact) mass is 285 g/mol. The fourth-order valence-corrected chi connectivity index (χ4v) is 5.02. The zero-order valence-corrected chi connectivity index (χ0v) is 12.9. The van der Waals surface area contributed by atoms with Crippen LogP contribution in [0.15, 0.2) is 18.2 Å². The van der Waals surface area contributed by atoms with Gasteiger partial charge >= 0.3 is 0 Å². The molecule has 1 aromatic carbocycles. The Bertz CT molecular complexity index is 597. The molecule has 2 saturated heterocycles. The van der Waals surface area contributed by atoms with Crippen LogP contribution in [0.4, 0.5) is 0 Å². The van der Waals surface area contributed by atoms with Crippen LogP contribution < -0.4 is 4.74 Å². The van der Waals surface area contributed by atoms with E-state index in [1.807, 2.05) is 0 Å². The van der Waals surface area contributed by atoms with Crippen molar-refractivity contribution in [1.82, 2.24) is 4.90 Å². The Kier molecular flexibility index (Phi) is 2.82. The van der Waals surface area contributed by atoms with Gasteiger partial charge < -0.3 is 9.64 Å². The molecular weight excluding hydrogens is 262 g/mol. The highest BCUT2D eigenvalue weighted by molar-refractivity contribution is 5.79. The molecule has 4 rings (SSSR count). The molecule has 3 atom stereocenters. The van der Waals surface area contributed by atoms with Crippen LogP contribution in [-0.4, -0.2) is 30.5 Å². The smallest absolute Gasteiger partial charge is 0.222 e. The molecule has 1 amide bonds. The highest BCUT2D eigenvalue weighted by Gasteiger charge is 2.51. The maximum Gasteiger partial charge on any atom is 0.222 e. The van der Waals surface area contributed by atoms with Gasteiger partial charge in [0.25, 0.3) is 0 Å². The molecule has 2 heterocycles. The summed E-state index contributed by atoms with van der Waals surface area (Å²) in [4.78, 5) is 14.2. The first-order valence-electron chi connectivity index (χ1n) is 8.10. The van der Waals surface area contributed by atoms with Crippen molar-refractivity contribution in [3.05, 3.63) is 29.3 Å². The number of benzene rings is 1. The topological polar surface area (TPSA) is 29.5 Å². The van der Waals surface area contributed by atoms with Crippen molar-refractivity contribution in [2.24, 2.45) is 5.92 Å². The van der Waals surface area contributed by atoms with Crippen molar-refractivity contribution in [1.29, 1.82) is 0 Å². The lowest BCUT2D eigenvalue weighted by molar-refractivity contribution is -0.132. The van der Waals surface area contributed by atoms with Crippen LogP contribution in [0.3, 0.4) is 0 Å². The molecule has 0 bridgehead atoms. The Morgan fingerprint density at radius 1 is 1.29 bits per heavy atom. The van der Waals surface area contributed by atoms with E-state index in [1.54, 1.807) is 7.11 Å². The number of hydrogen-bond donors (Lipinski definition) is 0. The molecule has 2 fully saturated rings. The number of rotatable bonds is 1. The van der Waals surface area contributed by atoms with Crippen molar-refractivity contribution >= 4 is 5.91 Å². The van der Waals surface area contributed by atoms with E-state index < -0.39 is 0 Å². The highest BCUT2D eigenvalue weighted by Crippen LogP contribution is 2.52. The lowest BCUT2D eigenvalue weighted by Gasteiger charge is -2.52. The van der Waals surface area contributed by atoms with Gasteiger partial charge in [-0.1, -0.05) is 13.0 Å². The standard InChI is InChI=1S/C18H23NO2/c1-18-9-10-19-16(7-8-17(19)20)14(18)6-4-12-3-5-13(21-2)11-15(12)18/h3,5,11,14,16H,4,6-10H2,1-2H3/t14-,16-,18-/m0/s1. The number of methoxy groups -OCH3 is 1. The van der Waals surface area contributed by atoms with Crippen molar-refractivity contribution in [3.63, 3.8) is 0 Å². The van der Waals surface area contributed by atoms with E-state index in [2.05, 4.69) is 30.0 Å². The van der Waals surface area contributed by atoms with E-state index >= 15 is 0 Å². The minimum Gasteiger partial charge on any atom is -0.497 e. The van der Waals surface area contributed by atoms with Gasteiger partial charge in [0, 0.05) is 19.0 Å². The van der Waals surface area contributed by atoms with Crippen LogP contribution in [0.25, 0.3) is 0 Å². The zero-order chi connectivity index (χ0) is 14.6. The molecule has 0 unspecified atom stereocenters. The van der Waals surface area contributed by atoms with Crippen LogP contribution in [0.2, 0.25) is 0 Å². The van der Waals surface area contributed by atoms with E-state index in [0.29, 0.717) is 17.9 Å². The van der Waals surface area contributed by atoms with Gasteiger partial charge in [-0.25, -0.2) is 0 Å². The number of carbonyl (C=O) groups is 1. The summed E-state index contributed by atoms with van der Waals surface area (Å²) < 4.78 is 5.44. The fourth-order valence-electron chi connectivity index (χ4n) is 5.02. The first-order chi connectivity index (χ1) is 10.1. The van der Waals surface area contributed by atoms with Gasteiger partial charge in [-0.3, -0.25) is 4.79 Å². The third-order valence-electron chi connectivity index (χ3n) is 6.19. The molecule has 21 heavy (non-hydrogen) atoms. The summed E-state index contributed by atoms with van der Waals surface area (Å²) in [5.74, 6) is 1.94. The Labute approximate surface area is 126 Å². The van der Waals surface area contributed by atoms with Crippen LogP contribution in [0.1, 0.15) is 43.7 Å². The van der Waals surface area contributed by atoms with Gasteiger partial charge in [0.2, 0.25) is 5.91 Å². The van der Waals surface area contributed by atoms with Crippen LogP contribution in [0, 0.1) is 5.92 Å². The van der Waals surface area contributed by atoms with E-state index in [-0.39, 0.29) is 5.41 Å². The molecule has 2 aliphatic heterocycles. The summed E-state index contributed by atoms with van der Waals surface area (Å²) in [5, 5.41) is 0. The molecular formula is C18H23NO2. The molecule has 112 valence electrons. The van der Waals surface area contributed by atoms with Crippen molar-refractivity contribution in [2.75, 3.05) is 13.7 Å². The first kappa shape index (κ1) is 13.2. The minimum absolute atomic E-state index is 0.202. The number of carbonyl (C=O) groups excluding carboxylic acids is 1. The third-order valence-corrected chi connectivity index (χ3v) is 6.19. The molecule has 1 aromatic rings. The van der Waals surface area contributed by atoms with Crippen molar-refractivity contribution in [3.8, 4) is 5.75 Å². The van der Waals surface area contributed by atoms with Crippen LogP contribution >= 0.6 is 0 Å². The Hall–Kier alpha value is -1.51. The fraction of sp³-hybridized carbons (Fsp3) is 0.611. The number of aryl methyl sites for hydroxylation is 1. The van der Waals surface area contributed by atoms with E-state index in [1.165, 1.54) is 17.5 Å². The maximum atomic E-state index is 12.0. The van der Waals surface area contributed by atoms with Crippen LogP contribution in [0.5, 0.6) is 5.75 Å². The second kappa shape index (κ2) is 4.49. The van der Waals surface area contributed by atoms with E-state index in [0.717, 1.165) is 38.0 Å². The molecule has 0 N–H and O–H groups in total. The summed E-state index contributed by atoms with van der Waals surface area (Å²) >= 11 is 0. The number of ether oxygens (including phenoxy) is 1. The SMILES string of the molecule is COc1ccc2c(c1)[C@@]1(C)CCN3C(=O)CC[C@H]3[C@@H]1CC2. The molecule has 0 aromatic heterocycles. The average Bonchev–Trinajstić information content (AvgIpc) is 2.88. The third kappa shape index (κ3) is 1.76. The van der Waals surface area contributed by atoms with Gasteiger partial charge in [-0.15, -0.1) is 0 Å². The van der Waals surface area contributed by atoms with Crippen molar-refractivity contribution < 1.29 is 9.53 Å². The second-order valence-corrected chi connectivity index (χ2v) is 7.03. The Morgan fingerprint density at radius 2 is 2.14 bits per heavy atom. The summed E-state index contributed by atoms with van der Waals surface area (Å²) in [7, 11) is 1.74. The molecule has 0 saturated carbocycles. The predicted octanol–water partition coefficient (Wildman–Crippen LogP) is 2.91. The molecule has 3 nitrogen and oxygen atoms in total. The number of piperidine rings is 1. The normalized spacial score (nSPS) is 34.2. The van der Waals surface area contributed by atoms with Gasteiger partial charge in [0.05, 0.1) is 7.11 Å². The Balaban J connectivity index is 1.77. The second-order valence-electron chi connectivity index (χ2n) is 7.03. The molecule has 0 spiro atoms. The molecule has 3 aliphatic rings. The lowest BCUT2D eigenvalue weighted by Crippen LogP contribution is -2.55. The molecule has 1 aliphatic carbocycles. The summed E-state index contributed by atoms with van der Waals surface area (Å²) in [6, 6.07) is 7.03. The highest BCUT2D eigenvalue weighted by atomic mass is 16.5. The predicted molar refractivity (Wildman–Crippen MR) is 81.5 cm³/mol. The van der Waals surface area contributed by atoms with E-state index in [9.17, 15) is 4.79 Å². The molecule has 3 heteroatoms. The lowest BCUT2D eigenvalue weighted by atomic mass is 9.58. The van der Waals surface area contributed by atoms with Gasteiger partial charge in [0.15, 0.2) is 0 Å². The quantitative estimate of drug-likeness (QED) is 0.794. The Morgan fingerprint density at radius 3 is 2.95 bits per heavy atom. The van der Waals surface area contributed by atoms with Gasteiger partial charge in [0.1, 0.15) is 5.75 Å². The van der Waals surface area contributed by atoms with E-state index in [4.69, 9.17) is 4.74 Å². The number of amides is 1. The van der Waals surface area contributed by atoms with Crippen molar-refractivity contribution in [2.45, 2.75) is 50.5 Å². The van der Waals surface area contributed by atoms with Gasteiger partial charge in [-0.05, 0) is 60.3 Å². The molecule has 0 radical (unpaired) electrons.